The van der Waals surface area contributed by atoms with E-state index in [4.69, 9.17) is 4.52 Å². The summed E-state index contributed by atoms with van der Waals surface area (Å²) in [6.45, 7) is 2.49. The molecule has 1 unspecified atom stereocenters. The molecular weight excluding hydrogens is 354 g/mol. The smallest absolute Gasteiger partial charge is 0.430 e. The van der Waals surface area contributed by atoms with Gasteiger partial charge in [0.2, 0.25) is 0 Å². The number of ether oxygens (including phenoxy) is 1. The first-order valence-corrected chi connectivity index (χ1v) is 7.07. The number of alkyl halides is 6. The van der Waals surface area contributed by atoms with E-state index >= 15 is 0 Å². The maximum atomic E-state index is 13.1. The third-order valence-corrected chi connectivity index (χ3v) is 3.07. The zero-order valence-corrected chi connectivity index (χ0v) is 12.9. The van der Waals surface area contributed by atoms with Gasteiger partial charge in [-0.3, -0.25) is 0 Å². The summed E-state index contributed by atoms with van der Waals surface area (Å²) < 4.78 is 83.9. The average Bonchev–Trinajstić information content (AvgIpc) is 2.92. The number of aromatic nitrogens is 1. The van der Waals surface area contributed by atoms with Crippen molar-refractivity contribution in [2.24, 2.45) is 0 Å². The molecule has 0 bridgehead atoms. The second kappa shape index (κ2) is 7.34. The molecule has 0 spiro atoms. The first-order chi connectivity index (χ1) is 11.6. The van der Waals surface area contributed by atoms with Crippen LogP contribution in [0.5, 0.6) is 5.75 Å². The second-order valence-corrected chi connectivity index (χ2v) is 5.24. The van der Waals surface area contributed by atoms with Gasteiger partial charge in [-0.05, 0) is 24.6 Å². The van der Waals surface area contributed by atoms with E-state index in [2.05, 4.69) is 15.2 Å². The standard InChI is InChI=1S/C15H14F6N2O2/c1-9-6-11(23-25-9)8-22-7-10-2-4-12(5-3-10)24-15(20,21)13(16)14(17,18)19/h2-6,13,22H,7-8H2,1H3. The van der Waals surface area contributed by atoms with Gasteiger partial charge >= 0.3 is 12.3 Å². The Kier molecular flexibility index (Phi) is 5.61. The Hall–Kier alpha value is -2.23. The molecule has 0 saturated heterocycles. The fourth-order valence-electron chi connectivity index (χ4n) is 1.91. The van der Waals surface area contributed by atoms with Crippen molar-refractivity contribution in [3.8, 4) is 5.75 Å². The van der Waals surface area contributed by atoms with Crippen molar-refractivity contribution < 1.29 is 35.6 Å². The van der Waals surface area contributed by atoms with Gasteiger partial charge in [0.15, 0.2) is 0 Å². The van der Waals surface area contributed by atoms with Crippen LogP contribution >= 0.6 is 0 Å². The van der Waals surface area contributed by atoms with Gasteiger partial charge in [0.1, 0.15) is 11.5 Å². The molecule has 10 heteroatoms. The second-order valence-electron chi connectivity index (χ2n) is 5.24. The highest BCUT2D eigenvalue weighted by molar-refractivity contribution is 5.27. The lowest BCUT2D eigenvalue weighted by Crippen LogP contribution is -2.45. The number of halogens is 6. The molecule has 0 aliphatic heterocycles. The quantitative estimate of drug-likeness (QED) is 0.746. The molecule has 0 radical (unpaired) electrons. The summed E-state index contributed by atoms with van der Waals surface area (Å²) in [4.78, 5) is 0. The third kappa shape index (κ3) is 5.38. The summed E-state index contributed by atoms with van der Waals surface area (Å²) in [5.41, 5.74) is 1.33. The molecule has 2 aromatic rings. The van der Waals surface area contributed by atoms with Gasteiger partial charge in [0.05, 0.1) is 5.69 Å². The largest absolute Gasteiger partial charge is 0.439 e. The van der Waals surface area contributed by atoms with Crippen LogP contribution in [0.15, 0.2) is 34.9 Å². The predicted octanol–water partition coefficient (Wildman–Crippen LogP) is 4.14. The van der Waals surface area contributed by atoms with Crippen LogP contribution < -0.4 is 10.1 Å². The zero-order valence-electron chi connectivity index (χ0n) is 12.9. The minimum absolute atomic E-state index is 0.344. The Bertz CT molecular complexity index is 684. The van der Waals surface area contributed by atoms with Crippen LogP contribution in [0.25, 0.3) is 0 Å². The number of nitrogens with one attached hydrogen (secondary N) is 1. The third-order valence-electron chi connectivity index (χ3n) is 3.07. The van der Waals surface area contributed by atoms with Crippen molar-refractivity contribution >= 4 is 0 Å². The van der Waals surface area contributed by atoms with Crippen LogP contribution in [0.1, 0.15) is 17.0 Å². The minimum atomic E-state index is -5.72. The molecule has 1 N–H and O–H groups in total. The van der Waals surface area contributed by atoms with E-state index in [0.717, 1.165) is 12.1 Å². The van der Waals surface area contributed by atoms with Gasteiger partial charge in [0, 0.05) is 19.2 Å². The Morgan fingerprint density at radius 2 is 1.76 bits per heavy atom. The van der Waals surface area contributed by atoms with Crippen LogP contribution in [0.2, 0.25) is 0 Å². The summed E-state index contributed by atoms with van der Waals surface area (Å²) >= 11 is 0. The number of rotatable bonds is 7. The van der Waals surface area contributed by atoms with Crippen molar-refractivity contribution in [2.75, 3.05) is 0 Å². The van der Waals surface area contributed by atoms with Gasteiger partial charge < -0.3 is 14.6 Å². The average molecular weight is 368 g/mol. The van der Waals surface area contributed by atoms with E-state index in [1.165, 1.54) is 12.1 Å². The zero-order chi connectivity index (χ0) is 18.7. The maximum Gasteiger partial charge on any atom is 0.439 e. The van der Waals surface area contributed by atoms with Gasteiger partial charge in [-0.15, -0.1) is 0 Å². The SMILES string of the molecule is Cc1cc(CNCc2ccc(OC(F)(F)C(F)C(F)(F)F)cc2)no1. The Morgan fingerprint density at radius 1 is 1.12 bits per heavy atom. The van der Waals surface area contributed by atoms with Crippen molar-refractivity contribution in [1.29, 1.82) is 0 Å². The number of benzene rings is 1. The maximum absolute atomic E-state index is 13.1. The molecule has 0 saturated carbocycles. The molecule has 138 valence electrons. The molecule has 1 aromatic heterocycles. The van der Waals surface area contributed by atoms with E-state index in [9.17, 15) is 26.3 Å². The minimum Gasteiger partial charge on any atom is -0.430 e. The summed E-state index contributed by atoms with van der Waals surface area (Å²) in [6, 6.07) is 6.54. The van der Waals surface area contributed by atoms with Gasteiger partial charge in [-0.2, -0.15) is 22.0 Å². The van der Waals surface area contributed by atoms with Crippen LogP contribution in [0, 0.1) is 6.92 Å². The van der Waals surface area contributed by atoms with E-state index in [1.807, 2.05) is 0 Å². The Balaban J connectivity index is 1.88. The summed E-state index contributed by atoms with van der Waals surface area (Å²) in [6.07, 6.45) is -15.1. The van der Waals surface area contributed by atoms with Crippen molar-refractivity contribution in [2.45, 2.75) is 38.5 Å². The Labute approximate surface area is 138 Å². The highest BCUT2D eigenvalue weighted by Gasteiger charge is 2.59. The van der Waals surface area contributed by atoms with Gasteiger partial charge in [-0.25, -0.2) is 4.39 Å². The number of hydrogen-bond acceptors (Lipinski definition) is 4. The first-order valence-electron chi connectivity index (χ1n) is 7.07. The molecule has 25 heavy (non-hydrogen) atoms. The van der Waals surface area contributed by atoms with E-state index in [1.54, 1.807) is 13.0 Å². The molecule has 0 fully saturated rings. The highest BCUT2D eigenvalue weighted by Crippen LogP contribution is 2.36. The number of hydrogen-bond donors (Lipinski definition) is 1. The van der Waals surface area contributed by atoms with Crippen molar-refractivity contribution in [3.05, 3.63) is 47.3 Å². The van der Waals surface area contributed by atoms with Crippen molar-refractivity contribution in [1.82, 2.24) is 10.5 Å². The molecular formula is C15H14F6N2O2. The summed E-state index contributed by atoms with van der Waals surface area (Å²) in [5.74, 6) is 0.0806. The van der Waals surface area contributed by atoms with E-state index in [-0.39, 0.29) is 0 Å². The highest BCUT2D eigenvalue weighted by atomic mass is 19.4. The van der Waals surface area contributed by atoms with Gasteiger partial charge in [0.25, 0.3) is 6.17 Å². The topological polar surface area (TPSA) is 47.3 Å². The molecule has 1 heterocycles. The van der Waals surface area contributed by atoms with E-state index < -0.39 is 24.2 Å². The monoisotopic (exact) mass is 368 g/mol. The van der Waals surface area contributed by atoms with E-state index in [0.29, 0.717) is 30.1 Å². The van der Waals surface area contributed by atoms with Crippen LogP contribution in [0.3, 0.4) is 0 Å². The van der Waals surface area contributed by atoms with Gasteiger partial charge in [-0.1, -0.05) is 17.3 Å². The van der Waals surface area contributed by atoms with Crippen LogP contribution in [-0.2, 0) is 13.1 Å². The summed E-state index contributed by atoms with van der Waals surface area (Å²) in [5, 5.41) is 6.79. The molecule has 1 aromatic carbocycles. The summed E-state index contributed by atoms with van der Waals surface area (Å²) in [7, 11) is 0. The van der Waals surface area contributed by atoms with Crippen molar-refractivity contribution in [3.63, 3.8) is 0 Å². The molecule has 2 rings (SSSR count). The lowest BCUT2D eigenvalue weighted by molar-refractivity contribution is -0.304. The molecule has 1 atom stereocenters. The molecule has 0 aliphatic carbocycles. The first kappa shape index (κ1) is 19.1. The Morgan fingerprint density at radius 3 is 2.28 bits per heavy atom. The predicted molar refractivity (Wildman–Crippen MR) is 74.8 cm³/mol. The van der Waals surface area contributed by atoms with Crippen LogP contribution in [0.4, 0.5) is 26.3 Å². The number of aryl methyl sites for hydroxylation is 1. The number of nitrogens with zero attached hydrogens (tertiary/aromatic N) is 1. The fraction of sp³-hybridized carbons (Fsp3) is 0.400. The lowest BCUT2D eigenvalue weighted by Gasteiger charge is -2.23. The normalized spacial score (nSPS) is 13.7. The molecule has 0 amide bonds. The van der Waals surface area contributed by atoms with Crippen LogP contribution in [-0.4, -0.2) is 23.6 Å². The molecule has 0 aliphatic rings. The molecule has 4 nitrogen and oxygen atoms in total. The lowest BCUT2D eigenvalue weighted by atomic mass is 10.2. The fourth-order valence-corrected chi connectivity index (χ4v) is 1.91.